The minimum Gasteiger partial charge on any atom is -0.316 e. The Labute approximate surface area is 116 Å². The van der Waals surface area contributed by atoms with Crippen LogP contribution in [0.15, 0.2) is 24.3 Å². The third-order valence-electron chi connectivity index (χ3n) is 4.21. The van der Waals surface area contributed by atoms with E-state index in [0.717, 1.165) is 18.1 Å². The average Bonchev–Trinajstić information content (AvgIpc) is 2.63. The zero-order chi connectivity index (χ0) is 12.8. The van der Waals surface area contributed by atoms with Crippen molar-refractivity contribution in [1.82, 2.24) is 5.32 Å². The van der Waals surface area contributed by atoms with Crippen molar-refractivity contribution in [2.24, 2.45) is 0 Å². The summed E-state index contributed by atoms with van der Waals surface area (Å²) in [6.45, 7) is 4.31. The highest BCUT2D eigenvalue weighted by Crippen LogP contribution is 2.38. The molecular weight excluding hydrogens is 242 g/mol. The molecule has 0 aromatic heterocycles. The molecule has 1 fully saturated rings. The Kier molecular flexibility index (Phi) is 5.08. The lowest BCUT2D eigenvalue weighted by atomic mass is 9.74. The number of rotatable bonds is 4. The molecule has 1 saturated carbocycles. The second kappa shape index (κ2) is 6.58. The molecule has 1 aromatic carbocycles. The molecule has 1 nitrogen and oxygen atoms in total. The third kappa shape index (κ3) is 3.27. The van der Waals surface area contributed by atoms with Crippen molar-refractivity contribution in [3.05, 3.63) is 34.9 Å². The van der Waals surface area contributed by atoms with E-state index < -0.39 is 0 Å². The van der Waals surface area contributed by atoms with Crippen LogP contribution in [0.3, 0.4) is 0 Å². The molecule has 0 atom stereocenters. The van der Waals surface area contributed by atoms with Crippen molar-refractivity contribution < 1.29 is 0 Å². The van der Waals surface area contributed by atoms with Crippen LogP contribution in [-0.4, -0.2) is 13.1 Å². The van der Waals surface area contributed by atoms with Crippen LogP contribution < -0.4 is 5.32 Å². The molecule has 0 spiro atoms. The topological polar surface area (TPSA) is 12.0 Å². The molecule has 0 radical (unpaired) electrons. The summed E-state index contributed by atoms with van der Waals surface area (Å²) < 4.78 is 0. The van der Waals surface area contributed by atoms with E-state index in [1.807, 2.05) is 6.07 Å². The van der Waals surface area contributed by atoms with Crippen LogP contribution in [0.5, 0.6) is 0 Å². The molecule has 1 N–H and O–H groups in total. The molecule has 1 aliphatic carbocycles. The van der Waals surface area contributed by atoms with Crippen LogP contribution >= 0.6 is 11.6 Å². The van der Waals surface area contributed by atoms with E-state index in [4.69, 9.17) is 11.6 Å². The van der Waals surface area contributed by atoms with E-state index >= 15 is 0 Å². The Bertz CT molecular complexity index is 367. The summed E-state index contributed by atoms with van der Waals surface area (Å²) in [5.41, 5.74) is 1.73. The van der Waals surface area contributed by atoms with Gasteiger partial charge in [0, 0.05) is 17.0 Å². The Morgan fingerprint density at radius 3 is 2.50 bits per heavy atom. The molecule has 0 aliphatic heterocycles. The average molecular weight is 266 g/mol. The van der Waals surface area contributed by atoms with Gasteiger partial charge in [0.15, 0.2) is 0 Å². The molecule has 0 heterocycles. The summed E-state index contributed by atoms with van der Waals surface area (Å²) in [7, 11) is 0. The summed E-state index contributed by atoms with van der Waals surface area (Å²) >= 11 is 6.18. The molecule has 2 rings (SSSR count). The monoisotopic (exact) mass is 265 g/mol. The molecule has 0 amide bonds. The molecule has 1 aliphatic rings. The van der Waals surface area contributed by atoms with Crippen LogP contribution in [0.25, 0.3) is 0 Å². The van der Waals surface area contributed by atoms with Crippen molar-refractivity contribution >= 4 is 11.6 Å². The zero-order valence-electron chi connectivity index (χ0n) is 11.3. The number of hydrogen-bond acceptors (Lipinski definition) is 1. The molecule has 1 aromatic rings. The summed E-state index contributed by atoms with van der Waals surface area (Å²) in [6.07, 6.45) is 8.04. The first-order valence-electron chi connectivity index (χ1n) is 7.24. The van der Waals surface area contributed by atoms with Crippen LogP contribution in [0.4, 0.5) is 0 Å². The Morgan fingerprint density at radius 1 is 1.17 bits per heavy atom. The van der Waals surface area contributed by atoms with Gasteiger partial charge in [-0.25, -0.2) is 0 Å². The summed E-state index contributed by atoms with van der Waals surface area (Å²) in [5, 5.41) is 4.43. The molecule has 2 heteroatoms. The highest BCUT2D eigenvalue weighted by Gasteiger charge is 2.32. The normalized spacial score (nSPS) is 19.4. The van der Waals surface area contributed by atoms with E-state index in [-0.39, 0.29) is 0 Å². The van der Waals surface area contributed by atoms with Gasteiger partial charge in [0.05, 0.1) is 0 Å². The first-order chi connectivity index (χ1) is 8.77. The standard InChI is InChI=1S/C16H24ClN/c1-2-18-13-16(10-5-3-4-6-11-16)14-8-7-9-15(17)12-14/h7-9,12,18H,2-6,10-11,13H2,1H3. The second-order valence-corrected chi connectivity index (χ2v) is 5.92. The third-order valence-corrected chi connectivity index (χ3v) is 4.45. The zero-order valence-corrected chi connectivity index (χ0v) is 12.1. The number of nitrogens with one attached hydrogen (secondary N) is 1. The van der Waals surface area contributed by atoms with Crippen molar-refractivity contribution in [3.8, 4) is 0 Å². The number of benzene rings is 1. The quantitative estimate of drug-likeness (QED) is 0.788. The lowest BCUT2D eigenvalue weighted by Gasteiger charge is -2.34. The molecule has 100 valence electrons. The van der Waals surface area contributed by atoms with Gasteiger partial charge in [-0.1, -0.05) is 56.3 Å². The van der Waals surface area contributed by atoms with Crippen LogP contribution in [0, 0.1) is 0 Å². The van der Waals surface area contributed by atoms with Crippen LogP contribution in [0.2, 0.25) is 5.02 Å². The lowest BCUT2D eigenvalue weighted by molar-refractivity contribution is 0.350. The van der Waals surface area contributed by atoms with Gasteiger partial charge < -0.3 is 5.32 Å². The van der Waals surface area contributed by atoms with Gasteiger partial charge in [-0.05, 0) is 37.1 Å². The first kappa shape index (κ1) is 13.9. The molecule has 0 unspecified atom stereocenters. The van der Waals surface area contributed by atoms with Gasteiger partial charge in [0.25, 0.3) is 0 Å². The predicted octanol–water partition coefficient (Wildman–Crippen LogP) is 4.54. The highest BCUT2D eigenvalue weighted by molar-refractivity contribution is 6.30. The van der Waals surface area contributed by atoms with Gasteiger partial charge in [-0.2, -0.15) is 0 Å². The van der Waals surface area contributed by atoms with Crippen molar-refractivity contribution in [3.63, 3.8) is 0 Å². The van der Waals surface area contributed by atoms with Gasteiger partial charge in [-0.3, -0.25) is 0 Å². The van der Waals surface area contributed by atoms with Gasteiger partial charge in [0.1, 0.15) is 0 Å². The van der Waals surface area contributed by atoms with Crippen molar-refractivity contribution in [2.45, 2.75) is 50.9 Å². The SMILES string of the molecule is CCNCC1(c2cccc(Cl)c2)CCCCCC1. The van der Waals surface area contributed by atoms with Crippen LogP contribution in [-0.2, 0) is 5.41 Å². The van der Waals surface area contributed by atoms with Crippen molar-refractivity contribution in [1.29, 1.82) is 0 Å². The minimum atomic E-state index is 0.303. The Balaban J connectivity index is 2.27. The Hall–Kier alpha value is -0.530. The molecule has 18 heavy (non-hydrogen) atoms. The number of hydrogen-bond donors (Lipinski definition) is 1. The van der Waals surface area contributed by atoms with E-state index in [9.17, 15) is 0 Å². The maximum Gasteiger partial charge on any atom is 0.0408 e. The van der Waals surface area contributed by atoms with Gasteiger partial charge in [0.2, 0.25) is 0 Å². The fraction of sp³-hybridized carbons (Fsp3) is 0.625. The van der Waals surface area contributed by atoms with Crippen molar-refractivity contribution in [2.75, 3.05) is 13.1 Å². The van der Waals surface area contributed by atoms with Gasteiger partial charge >= 0.3 is 0 Å². The molecule has 0 saturated heterocycles. The largest absolute Gasteiger partial charge is 0.316 e. The molecule has 0 bridgehead atoms. The Morgan fingerprint density at radius 2 is 1.89 bits per heavy atom. The minimum absolute atomic E-state index is 0.303. The van der Waals surface area contributed by atoms with E-state index in [1.165, 1.54) is 44.1 Å². The maximum atomic E-state index is 6.18. The number of halogens is 1. The van der Waals surface area contributed by atoms with E-state index in [0.29, 0.717) is 5.41 Å². The maximum absolute atomic E-state index is 6.18. The van der Waals surface area contributed by atoms with Gasteiger partial charge in [-0.15, -0.1) is 0 Å². The predicted molar refractivity (Wildman–Crippen MR) is 79.4 cm³/mol. The molecular formula is C16H24ClN. The lowest BCUT2D eigenvalue weighted by Crippen LogP contribution is -2.38. The van der Waals surface area contributed by atoms with E-state index in [1.54, 1.807) is 0 Å². The number of likely N-dealkylation sites (N-methyl/N-ethyl adjacent to an activating group) is 1. The van der Waals surface area contributed by atoms with Crippen LogP contribution in [0.1, 0.15) is 51.0 Å². The smallest absolute Gasteiger partial charge is 0.0408 e. The fourth-order valence-corrected chi connectivity index (χ4v) is 3.35. The summed E-state index contributed by atoms with van der Waals surface area (Å²) in [4.78, 5) is 0. The highest BCUT2D eigenvalue weighted by atomic mass is 35.5. The van der Waals surface area contributed by atoms with E-state index in [2.05, 4.69) is 30.4 Å². The first-order valence-corrected chi connectivity index (χ1v) is 7.61. The summed E-state index contributed by atoms with van der Waals surface area (Å²) in [5.74, 6) is 0. The second-order valence-electron chi connectivity index (χ2n) is 5.49. The summed E-state index contributed by atoms with van der Waals surface area (Å²) in [6, 6.07) is 8.50. The fourth-order valence-electron chi connectivity index (χ4n) is 3.16.